The van der Waals surface area contributed by atoms with E-state index in [-0.39, 0.29) is 0 Å². The van der Waals surface area contributed by atoms with Gasteiger partial charge in [-0.1, -0.05) is 35.3 Å². The van der Waals surface area contributed by atoms with Crippen molar-refractivity contribution in [3.05, 3.63) is 63.6 Å². The second-order valence-electron chi connectivity index (χ2n) is 6.49. The van der Waals surface area contributed by atoms with E-state index >= 15 is 0 Å². The van der Waals surface area contributed by atoms with Crippen molar-refractivity contribution >= 4 is 23.2 Å². The highest BCUT2D eigenvalue weighted by atomic mass is 35.5. The van der Waals surface area contributed by atoms with Gasteiger partial charge >= 0.3 is 0 Å². The Bertz CT molecular complexity index is 687. The summed E-state index contributed by atoms with van der Waals surface area (Å²) >= 11 is 12.2. The van der Waals surface area contributed by atoms with E-state index in [2.05, 4.69) is 10.6 Å². The number of ether oxygens (including phenoxy) is 1. The van der Waals surface area contributed by atoms with Crippen LogP contribution in [0.5, 0.6) is 5.75 Å². The molecule has 134 valence electrons. The van der Waals surface area contributed by atoms with Crippen molar-refractivity contribution in [2.24, 2.45) is 5.92 Å². The summed E-state index contributed by atoms with van der Waals surface area (Å²) in [5.41, 5.74) is 2.14. The van der Waals surface area contributed by atoms with Gasteiger partial charge in [-0.2, -0.15) is 0 Å². The molecule has 0 bridgehead atoms. The molecule has 1 aliphatic heterocycles. The van der Waals surface area contributed by atoms with Gasteiger partial charge in [-0.05, 0) is 74.3 Å². The van der Waals surface area contributed by atoms with E-state index in [0.717, 1.165) is 59.0 Å². The maximum absolute atomic E-state index is 6.17. The number of halogens is 2. The lowest BCUT2D eigenvalue weighted by Crippen LogP contribution is -2.33. The van der Waals surface area contributed by atoms with Gasteiger partial charge in [0, 0.05) is 22.2 Å². The van der Waals surface area contributed by atoms with E-state index in [4.69, 9.17) is 27.9 Å². The Hall–Kier alpha value is -1.26. The van der Waals surface area contributed by atoms with E-state index < -0.39 is 0 Å². The highest BCUT2D eigenvalue weighted by Crippen LogP contribution is 2.24. The van der Waals surface area contributed by atoms with Gasteiger partial charge in [-0.25, -0.2) is 0 Å². The Morgan fingerprint density at radius 2 is 1.84 bits per heavy atom. The lowest BCUT2D eigenvalue weighted by Gasteiger charge is -2.23. The van der Waals surface area contributed by atoms with Crippen LogP contribution in [0, 0.1) is 5.92 Å². The van der Waals surface area contributed by atoms with Crippen LogP contribution in [0.25, 0.3) is 0 Å². The van der Waals surface area contributed by atoms with Crippen LogP contribution in [0.4, 0.5) is 0 Å². The molecule has 1 fully saturated rings. The summed E-state index contributed by atoms with van der Waals surface area (Å²) in [6, 6.07) is 13.5. The number of nitrogens with one attached hydrogen (secondary N) is 2. The zero-order valence-corrected chi connectivity index (χ0v) is 15.7. The fourth-order valence-electron chi connectivity index (χ4n) is 3.11. The molecular formula is C20H24Cl2N2O. The van der Waals surface area contributed by atoms with Gasteiger partial charge in [0.1, 0.15) is 12.4 Å². The van der Waals surface area contributed by atoms with E-state index in [9.17, 15) is 0 Å². The van der Waals surface area contributed by atoms with Crippen LogP contribution >= 0.6 is 23.2 Å². The maximum atomic E-state index is 6.17. The molecule has 0 aliphatic carbocycles. The molecule has 0 radical (unpaired) electrons. The topological polar surface area (TPSA) is 33.3 Å². The summed E-state index contributed by atoms with van der Waals surface area (Å²) in [6.45, 7) is 4.52. The summed E-state index contributed by atoms with van der Waals surface area (Å²) in [5.74, 6) is 1.61. The van der Waals surface area contributed by atoms with Crippen molar-refractivity contribution in [1.82, 2.24) is 10.6 Å². The zero-order chi connectivity index (χ0) is 17.5. The van der Waals surface area contributed by atoms with Gasteiger partial charge in [0.05, 0.1) is 0 Å². The molecule has 1 heterocycles. The van der Waals surface area contributed by atoms with Gasteiger partial charge in [0.15, 0.2) is 0 Å². The highest BCUT2D eigenvalue weighted by molar-refractivity contribution is 6.30. The third-order valence-corrected chi connectivity index (χ3v) is 4.98. The third kappa shape index (κ3) is 5.89. The summed E-state index contributed by atoms with van der Waals surface area (Å²) in [6.07, 6.45) is 2.47. The van der Waals surface area contributed by atoms with Crippen molar-refractivity contribution in [1.29, 1.82) is 0 Å². The van der Waals surface area contributed by atoms with Crippen molar-refractivity contribution in [2.75, 3.05) is 19.6 Å². The van der Waals surface area contributed by atoms with Crippen molar-refractivity contribution in [2.45, 2.75) is 26.0 Å². The lowest BCUT2D eigenvalue weighted by atomic mass is 9.98. The van der Waals surface area contributed by atoms with Crippen LogP contribution in [-0.4, -0.2) is 19.6 Å². The minimum atomic E-state index is 0.490. The quantitative estimate of drug-likeness (QED) is 0.734. The van der Waals surface area contributed by atoms with Gasteiger partial charge < -0.3 is 15.4 Å². The first-order chi connectivity index (χ1) is 12.2. The lowest BCUT2D eigenvalue weighted by molar-refractivity contribution is 0.301. The molecule has 0 atom stereocenters. The molecule has 3 nitrogen and oxygen atoms in total. The highest BCUT2D eigenvalue weighted by Gasteiger charge is 2.13. The number of piperidine rings is 1. The summed E-state index contributed by atoms with van der Waals surface area (Å²) in [5, 5.41) is 8.41. The predicted octanol–water partition coefficient (Wildman–Crippen LogP) is 4.66. The number of rotatable bonds is 7. The molecule has 2 N–H and O–H groups in total. The van der Waals surface area contributed by atoms with E-state index in [0.29, 0.717) is 6.61 Å². The first-order valence-electron chi connectivity index (χ1n) is 8.78. The van der Waals surface area contributed by atoms with E-state index in [1.54, 1.807) is 0 Å². The van der Waals surface area contributed by atoms with Crippen molar-refractivity contribution < 1.29 is 4.74 Å². The molecule has 2 aromatic rings. The summed E-state index contributed by atoms with van der Waals surface area (Å²) in [7, 11) is 0. The van der Waals surface area contributed by atoms with Crippen LogP contribution in [-0.2, 0) is 13.2 Å². The molecule has 3 rings (SSSR count). The van der Waals surface area contributed by atoms with E-state index in [1.807, 2.05) is 42.5 Å². The van der Waals surface area contributed by atoms with Crippen LogP contribution < -0.4 is 15.4 Å². The second-order valence-corrected chi connectivity index (χ2v) is 7.37. The number of hydrogen-bond donors (Lipinski definition) is 2. The van der Waals surface area contributed by atoms with E-state index in [1.165, 1.54) is 12.8 Å². The molecule has 0 saturated carbocycles. The molecule has 5 heteroatoms. The van der Waals surface area contributed by atoms with Gasteiger partial charge in [-0.3, -0.25) is 0 Å². The molecule has 1 saturated heterocycles. The third-order valence-electron chi connectivity index (χ3n) is 4.51. The molecule has 0 aromatic heterocycles. The number of benzene rings is 2. The zero-order valence-electron chi connectivity index (χ0n) is 14.2. The Morgan fingerprint density at radius 3 is 2.64 bits per heavy atom. The van der Waals surface area contributed by atoms with Crippen molar-refractivity contribution in [3.63, 3.8) is 0 Å². The average molecular weight is 379 g/mol. The van der Waals surface area contributed by atoms with Gasteiger partial charge in [0.2, 0.25) is 0 Å². The average Bonchev–Trinajstić information content (AvgIpc) is 2.62. The molecular weight excluding hydrogens is 355 g/mol. The smallest absolute Gasteiger partial charge is 0.124 e. The molecule has 0 spiro atoms. The fraction of sp³-hybridized carbons (Fsp3) is 0.400. The Morgan fingerprint density at radius 1 is 1.04 bits per heavy atom. The largest absolute Gasteiger partial charge is 0.489 e. The van der Waals surface area contributed by atoms with Gasteiger partial charge in [0.25, 0.3) is 0 Å². The van der Waals surface area contributed by atoms with Crippen LogP contribution in [0.15, 0.2) is 42.5 Å². The Kier molecular flexibility index (Phi) is 7.00. The minimum Gasteiger partial charge on any atom is -0.489 e. The fourth-order valence-corrected chi connectivity index (χ4v) is 3.52. The van der Waals surface area contributed by atoms with Crippen LogP contribution in [0.3, 0.4) is 0 Å². The monoisotopic (exact) mass is 378 g/mol. The summed E-state index contributed by atoms with van der Waals surface area (Å²) < 4.78 is 6.01. The summed E-state index contributed by atoms with van der Waals surface area (Å²) in [4.78, 5) is 0. The number of hydrogen-bond acceptors (Lipinski definition) is 3. The molecule has 2 aromatic carbocycles. The standard InChI is InChI=1S/C20H24Cl2N2O/c21-18-3-1-2-16(10-18)14-25-20-5-4-19(22)11-17(20)13-24-12-15-6-8-23-9-7-15/h1-5,10-11,15,23-24H,6-9,12-14H2. The first kappa shape index (κ1) is 18.5. The normalized spacial score (nSPS) is 15.3. The molecule has 1 aliphatic rings. The maximum Gasteiger partial charge on any atom is 0.124 e. The Labute approximate surface area is 159 Å². The van der Waals surface area contributed by atoms with Crippen LogP contribution in [0.2, 0.25) is 10.0 Å². The van der Waals surface area contributed by atoms with Gasteiger partial charge in [-0.15, -0.1) is 0 Å². The Balaban J connectivity index is 1.57. The predicted molar refractivity (Wildman–Crippen MR) is 105 cm³/mol. The SMILES string of the molecule is Clc1cccc(COc2ccc(Cl)cc2CNCC2CCNCC2)c1. The minimum absolute atomic E-state index is 0.490. The van der Waals surface area contributed by atoms with Crippen molar-refractivity contribution in [3.8, 4) is 5.75 Å². The second kappa shape index (κ2) is 9.44. The van der Waals surface area contributed by atoms with Crippen LogP contribution in [0.1, 0.15) is 24.0 Å². The first-order valence-corrected chi connectivity index (χ1v) is 9.53. The molecule has 0 unspecified atom stereocenters. The molecule has 0 amide bonds. The molecule has 25 heavy (non-hydrogen) atoms.